The number of rotatable bonds is 6. The van der Waals surface area contributed by atoms with E-state index in [0.29, 0.717) is 18.2 Å². The zero-order chi connectivity index (χ0) is 20.1. The molecule has 0 atom stereocenters. The van der Waals surface area contributed by atoms with E-state index in [2.05, 4.69) is 32.8 Å². The molecule has 0 radical (unpaired) electrons. The smallest absolute Gasteiger partial charge is 0.321 e. The highest BCUT2D eigenvalue weighted by molar-refractivity contribution is 7.15. The van der Waals surface area contributed by atoms with Gasteiger partial charge in [-0.15, -0.1) is 11.3 Å². The van der Waals surface area contributed by atoms with Gasteiger partial charge in [0.2, 0.25) is 5.91 Å². The van der Waals surface area contributed by atoms with E-state index in [-0.39, 0.29) is 18.0 Å². The second-order valence-corrected chi connectivity index (χ2v) is 8.28. The quantitative estimate of drug-likeness (QED) is 0.694. The number of carbonyl (C=O) groups is 2. The van der Waals surface area contributed by atoms with E-state index in [1.54, 1.807) is 0 Å². The Morgan fingerprint density at radius 2 is 1.96 bits per heavy atom. The lowest BCUT2D eigenvalue weighted by molar-refractivity contribution is -0.117. The van der Waals surface area contributed by atoms with Crippen molar-refractivity contribution in [2.24, 2.45) is 0 Å². The average molecular weight is 402 g/mol. The van der Waals surface area contributed by atoms with E-state index in [0.717, 1.165) is 35.6 Å². The molecule has 0 saturated heterocycles. The molecular formula is C20H27N5O2S. The maximum Gasteiger partial charge on any atom is 0.321 e. The highest BCUT2D eigenvalue weighted by Crippen LogP contribution is 2.28. The van der Waals surface area contributed by atoms with Crippen molar-refractivity contribution >= 4 is 34.1 Å². The third kappa shape index (κ3) is 5.53. The number of thiazole rings is 1. The minimum Gasteiger partial charge on any atom is -0.336 e. The summed E-state index contributed by atoms with van der Waals surface area (Å²) in [4.78, 5) is 31.9. The van der Waals surface area contributed by atoms with Crippen molar-refractivity contribution in [1.29, 1.82) is 0 Å². The fourth-order valence-corrected chi connectivity index (χ4v) is 4.11. The minimum atomic E-state index is -0.244. The van der Waals surface area contributed by atoms with Crippen molar-refractivity contribution in [2.75, 3.05) is 23.7 Å². The van der Waals surface area contributed by atoms with Gasteiger partial charge in [-0.3, -0.25) is 15.0 Å². The minimum absolute atomic E-state index is 0.0214. The molecule has 3 N–H and O–H groups in total. The summed E-state index contributed by atoms with van der Waals surface area (Å²) in [5.74, 6) is -0.0214. The van der Waals surface area contributed by atoms with Crippen LogP contribution in [0.2, 0.25) is 0 Å². The number of nitrogens with zero attached hydrogens (tertiary/aromatic N) is 2. The highest BCUT2D eigenvalue weighted by Gasteiger charge is 2.23. The molecule has 0 fully saturated rings. The Labute approximate surface area is 169 Å². The fraction of sp³-hybridized carbons (Fsp3) is 0.450. The Morgan fingerprint density at radius 1 is 1.21 bits per heavy atom. The fourth-order valence-electron chi connectivity index (χ4n) is 3.06. The Morgan fingerprint density at radius 3 is 2.64 bits per heavy atom. The van der Waals surface area contributed by atoms with Crippen LogP contribution in [0, 0.1) is 0 Å². The van der Waals surface area contributed by atoms with Gasteiger partial charge < -0.3 is 10.6 Å². The number of aryl methyl sites for hydroxylation is 1. The molecule has 0 bridgehead atoms. The second kappa shape index (κ2) is 9.16. The van der Waals surface area contributed by atoms with Crippen molar-refractivity contribution in [3.63, 3.8) is 0 Å². The third-order valence-electron chi connectivity index (χ3n) is 4.46. The molecule has 150 valence electrons. The zero-order valence-corrected chi connectivity index (χ0v) is 17.4. The van der Waals surface area contributed by atoms with Crippen LogP contribution < -0.4 is 16.0 Å². The Balaban J connectivity index is 1.53. The van der Waals surface area contributed by atoms with Crippen LogP contribution in [0.1, 0.15) is 36.9 Å². The summed E-state index contributed by atoms with van der Waals surface area (Å²) in [5, 5.41) is 9.14. The summed E-state index contributed by atoms with van der Waals surface area (Å²) in [6, 6.07) is 7.77. The molecule has 1 aliphatic rings. The first-order valence-corrected chi connectivity index (χ1v) is 10.4. The third-order valence-corrected chi connectivity index (χ3v) is 5.46. The first-order valence-electron chi connectivity index (χ1n) is 9.60. The van der Waals surface area contributed by atoms with Gasteiger partial charge in [0.1, 0.15) is 0 Å². The predicted molar refractivity (Wildman–Crippen MR) is 113 cm³/mol. The van der Waals surface area contributed by atoms with Crippen molar-refractivity contribution in [2.45, 2.75) is 46.2 Å². The van der Waals surface area contributed by atoms with E-state index in [4.69, 9.17) is 0 Å². The molecule has 3 rings (SSSR count). The average Bonchev–Trinajstić information content (AvgIpc) is 3.02. The van der Waals surface area contributed by atoms with Gasteiger partial charge in [0.25, 0.3) is 0 Å². The molecule has 1 aliphatic heterocycles. The number of carbonyl (C=O) groups excluding carboxylic acids is 2. The van der Waals surface area contributed by atoms with Gasteiger partial charge in [-0.05, 0) is 38.0 Å². The first kappa shape index (κ1) is 20.3. The number of nitrogens with one attached hydrogen (secondary N) is 3. The number of fused-ring (bicyclic) bond motifs is 1. The highest BCUT2D eigenvalue weighted by atomic mass is 32.1. The number of urea groups is 1. The molecule has 7 nitrogen and oxygen atoms in total. The largest absolute Gasteiger partial charge is 0.336 e. The Hall–Kier alpha value is -2.45. The number of hydrogen-bond donors (Lipinski definition) is 3. The van der Waals surface area contributed by atoms with Gasteiger partial charge in [-0.25, -0.2) is 9.78 Å². The van der Waals surface area contributed by atoms with Crippen LogP contribution in [-0.2, 0) is 24.2 Å². The molecule has 0 saturated carbocycles. The number of amides is 3. The van der Waals surface area contributed by atoms with E-state index in [1.807, 2.05) is 38.1 Å². The second-order valence-electron chi connectivity index (χ2n) is 7.20. The molecular weight excluding hydrogens is 374 g/mol. The van der Waals surface area contributed by atoms with Crippen molar-refractivity contribution in [3.8, 4) is 0 Å². The molecule has 1 aromatic heterocycles. The molecule has 2 heterocycles. The molecule has 8 heteroatoms. The normalized spacial score (nSPS) is 13.9. The molecule has 3 amide bonds. The van der Waals surface area contributed by atoms with Gasteiger partial charge in [-0.2, -0.15) is 0 Å². The van der Waals surface area contributed by atoms with Crippen molar-refractivity contribution < 1.29 is 9.59 Å². The Kier molecular flexibility index (Phi) is 6.64. The van der Waals surface area contributed by atoms with Gasteiger partial charge >= 0.3 is 6.03 Å². The van der Waals surface area contributed by atoms with E-state index in [9.17, 15) is 9.59 Å². The van der Waals surface area contributed by atoms with Crippen LogP contribution in [0.4, 0.5) is 15.6 Å². The molecule has 2 aromatic rings. The predicted octanol–water partition coefficient (Wildman–Crippen LogP) is 3.23. The summed E-state index contributed by atoms with van der Waals surface area (Å²) in [6.45, 7) is 7.71. The molecule has 0 unspecified atom stereocenters. The molecule has 1 aromatic carbocycles. The maximum atomic E-state index is 12.4. The summed E-state index contributed by atoms with van der Waals surface area (Å²) in [5.41, 5.74) is 3.08. The monoisotopic (exact) mass is 401 g/mol. The lowest BCUT2D eigenvalue weighted by Crippen LogP contribution is -2.36. The van der Waals surface area contributed by atoms with Gasteiger partial charge in [0.15, 0.2) is 5.13 Å². The molecule has 28 heavy (non-hydrogen) atoms. The van der Waals surface area contributed by atoms with E-state index < -0.39 is 0 Å². The summed E-state index contributed by atoms with van der Waals surface area (Å²) in [6.07, 6.45) is 1.76. The summed E-state index contributed by atoms with van der Waals surface area (Å²) in [7, 11) is 0. The van der Waals surface area contributed by atoms with Gasteiger partial charge in [0, 0.05) is 36.1 Å². The zero-order valence-electron chi connectivity index (χ0n) is 16.5. The first-order chi connectivity index (χ1) is 13.4. The van der Waals surface area contributed by atoms with Crippen LogP contribution in [0.3, 0.4) is 0 Å². The van der Waals surface area contributed by atoms with Gasteiger partial charge in [0.05, 0.1) is 12.2 Å². The molecule has 0 aliphatic carbocycles. The molecule has 0 spiro atoms. The van der Waals surface area contributed by atoms with E-state index >= 15 is 0 Å². The van der Waals surface area contributed by atoms with Gasteiger partial charge in [-0.1, -0.05) is 19.1 Å². The lowest BCUT2D eigenvalue weighted by Gasteiger charge is -2.25. The van der Waals surface area contributed by atoms with Crippen LogP contribution >= 0.6 is 11.3 Å². The number of hydrogen-bond acceptors (Lipinski definition) is 5. The summed E-state index contributed by atoms with van der Waals surface area (Å²) >= 11 is 1.47. The standard InChI is InChI=1S/C20H27N5O2S/c1-4-14-5-7-15(8-6-14)22-18(26)12-25-10-9-16-17(11-25)28-20(23-16)24-19(27)21-13(2)3/h5-8,13H,4,9-12H2,1-3H3,(H,22,26)(H2,21,23,24,27). The van der Waals surface area contributed by atoms with Crippen LogP contribution in [0.25, 0.3) is 0 Å². The Bertz CT molecular complexity index is 832. The number of anilines is 2. The maximum absolute atomic E-state index is 12.4. The van der Waals surface area contributed by atoms with E-state index in [1.165, 1.54) is 16.9 Å². The van der Waals surface area contributed by atoms with Crippen LogP contribution in [0.15, 0.2) is 24.3 Å². The summed E-state index contributed by atoms with van der Waals surface area (Å²) < 4.78 is 0. The van der Waals surface area contributed by atoms with Crippen LogP contribution in [0.5, 0.6) is 0 Å². The number of benzene rings is 1. The van der Waals surface area contributed by atoms with Crippen molar-refractivity contribution in [3.05, 3.63) is 40.4 Å². The SMILES string of the molecule is CCc1ccc(NC(=O)CN2CCc3nc(NC(=O)NC(C)C)sc3C2)cc1. The lowest BCUT2D eigenvalue weighted by atomic mass is 10.1. The number of aromatic nitrogens is 1. The van der Waals surface area contributed by atoms with Crippen LogP contribution in [-0.4, -0.2) is 41.0 Å². The topological polar surface area (TPSA) is 86.4 Å². The van der Waals surface area contributed by atoms with Crippen molar-refractivity contribution in [1.82, 2.24) is 15.2 Å².